The number of nitrogens with two attached hydrogens (primary N) is 1. The Morgan fingerprint density at radius 3 is 3.00 bits per heavy atom. The van der Waals surface area contributed by atoms with Gasteiger partial charge in [-0.2, -0.15) is 0 Å². The molecule has 0 bridgehead atoms. The number of methoxy groups -OCH3 is 1. The van der Waals surface area contributed by atoms with E-state index in [1.807, 2.05) is 18.3 Å². The van der Waals surface area contributed by atoms with Crippen LogP contribution in [0.4, 0.5) is 5.69 Å². The van der Waals surface area contributed by atoms with Crippen LogP contribution in [0.5, 0.6) is 5.75 Å². The van der Waals surface area contributed by atoms with Crippen molar-refractivity contribution in [1.82, 2.24) is 19.6 Å². The van der Waals surface area contributed by atoms with Crippen molar-refractivity contribution in [2.45, 2.75) is 0 Å². The standard InChI is InChI=1S/C12H11N5O/c1-18-10-7-8(13)3-4-9(10)11-15-16-12-14-5-2-6-17(11)12/h2-7H,13H2,1H3. The van der Waals surface area contributed by atoms with E-state index in [1.165, 1.54) is 0 Å². The Morgan fingerprint density at radius 1 is 1.28 bits per heavy atom. The molecule has 0 fully saturated rings. The summed E-state index contributed by atoms with van der Waals surface area (Å²) in [5.74, 6) is 1.88. The summed E-state index contributed by atoms with van der Waals surface area (Å²) in [6, 6.07) is 7.24. The number of anilines is 1. The quantitative estimate of drug-likeness (QED) is 0.686. The third kappa shape index (κ3) is 1.55. The van der Waals surface area contributed by atoms with Crippen LogP contribution in [0.25, 0.3) is 17.2 Å². The fraction of sp³-hybridized carbons (Fsp3) is 0.0833. The first kappa shape index (κ1) is 10.5. The lowest BCUT2D eigenvalue weighted by molar-refractivity contribution is 0.416. The molecule has 0 radical (unpaired) electrons. The average Bonchev–Trinajstić information content (AvgIpc) is 2.82. The summed E-state index contributed by atoms with van der Waals surface area (Å²) >= 11 is 0. The van der Waals surface area contributed by atoms with E-state index in [9.17, 15) is 0 Å². The molecule has 6 nitrogen and oxygen atoms in total. The molecule has 0 saturated heterocycles. The first-order valence-electron chi connectivity index (χ1n) is 5.39. The first-order chi connectivity index (χ1) is 8.79. The van der Waals surface area contributed by atoms with Crippen LogP contribution in [-0.2, 0) is 0 Å². The fourth-order valence-electron chi connectivity index (χ4n) is 1.82. The predicted octanol–water partition coefficient (Wildman–Crippen LogP) is 1.38. The van der Waals surface area contributed by atoms with Crippen molar-refractivity contribution in [3.05, 3.63) is 36.7 Å². The van der Waals surface area contributed by atoms with Gasteiger partial charge in [0.25, 0.3) is 5.78 Å². The van der Waals surface area contributed by atoms with E-state index in [1.54, 1.807) is 29.8 Å². The van der Waals surface area contributed by atoms with E-state index in [0.717, 1.165) is 5.56 Å². The summed E-state index contributed by atoms with van der Waals surface area (Å²) in [4.78, 5) is 4.12. The Bertz CT molecular complexity index is 707. The number of nitrogen functional groups attached to an aromatic ring is 1. The molecule has 0 aliphatic carbocycles. The van der Waals surface area contributed by atoms with Crippen molar-refractivity contribution in [2.75, 3.05) is 12.8 Å². The van der Waals surface area contributed by atoms with Crippen LogP contribution >= 0.6 is 0 Å². The number of hydrogen-bond donors (Lipinski definition) is 1. The Kier molecular flexibility index (Phi) is 2.33. The molecule has 2 aromatic heterocycles. The monoisotopic (exact) mass is 241 g/mol. The van der Waals surface area contributed by atoms with Gasteiger partial charge < -0.3 is 10.5 Å². The molecule has 2 N–H and O–H groups in total. The van der Waals surface area contributed by atoms with Gasteiger partial charge in [-0.3, -0.25) is 4.40 Å². The lowest BCUT2D eigenvalue weighted by Gasteiger charge is -2.07. The number of ether oxygens (including phenoxy) is 1. The van der Waals surface area contributed by atoms with Gasteiger partial charge in [0, 0.05) is 24.1 Å². The average molecular weight is 241 g/mol. The zero-order valence-electron chi connectivity index (χ0n) is 9.74. The molecule has 1 aromatic carbocycles. The number of hydrogen-bond acceptors (Lipinski definition) is 5. The summed E-state index contributed by atoms with van der Waals surface area (Å²) in [7, 11) is 1.60. The molecule has 0 aliphatic heterocycles. The summed E-state index contributed by atoms with van der Waals surface area (Å²) in [5.41, 5.74) is 7.20. The molecule has 0 aliphatic rings. The molecule has 0 saturated carbocycles. The van der Waals surface area contributed by atoms with Gasteiger partial charge in [-0.1, -0.05) is 0 Å². The Hall–Kier alpha value is -2.63. The van der Waals surface area contributed by atoms with Crippen molar-refractivity contribution in [1.29, 1.82) is 0 Å². The minimum atomic E-state index is 0.548. The summed E-state index contributed by atoms with van der Waals surface area (Å²) < 4.78 is 7.12. The minimum Gasteiger partial charge on any atom is -0.496 e. The molecule has 0 atom stereocenters. The Labute approximate surface area is 103 Å². The highest BCUT2D eigenvalue weighted by atomic mass is 16.5. The molecular formula is C12H11N5O. The van der Waals surface area contributed by atoms with Crippen LogP contribution in [0.1, 0.15) is 0 Å². The number of benzene rings is 1. The molecule has 6 heteroatoms. The van der Waals surface area contributed by atoms with E-state index in [0.29, 0.717) is 23.0 Å². The van der Waals surface area contributed by atoms with Crippen LogP contribution < -0.4 is 10.5 Å². The van der Waals surface area contributed by atoms with Gasteiger partial charge in [0.05, 0.1) is 12.7 Å². The zero-order valence-corrected chi connectivity index (χ0v) is 9.74. The number of fused-ring (bicyclic) bond motifs is 1. The fourth-order valence-corrected chi connectivity index (χ4v) is 1.82. The van der Waals surface area contributed by atoms with Gasteiger partial charge in [-0.25, -0.2) is 4.98 Å². The molecule has 0 spiro atoms. The van der Waals surface area contributed by atoms with Crippen LogP contribution in [0.3, 0.4) is 0 Å². The zero-order chi connectivity index (χ0) is 12.5. The molecule has 2 heterocycles. The highest BCUT2D eigenvalue weighted by Crippen LogP contribution is 2.30. The molecule has 3 rings (SSSR count). The molecule has 90 valence electrons. The van der Waals surface area contributed by atoms with Crippen molar-refractivity contribution in [3.63, 3.8) is 0 Å². The summed E-state index contributed by atoms with van der Waals surface area (Å²) in [5, 5.41) is 8.14. The second kappa shape index (κ2) is 3.99. The minimum absolute atomic E-state index is 0.548. The number of nitrogens with zero attached hydrogens (tertiary/aromatic N) is 4. The third-order valence-electron chi connectivity index (χ3n) is 2.66. The van der Waals surface area contributed by atoms with Crippen LogP contribution in [0.15, 0.2) is 36.7 Å². The predicted molar refractivity (Wildman–Crippen MR) is 67.2 cm³/mol. The molecule has 3 aromatic rings. The summed E-state index contributed by atoms with van der Waals surface area (Å²) in [6.45, 7) is 0. The number of rotatable bonds is 2. The molecule has 18 heavy (non-hydrogen) atoms. The first-order valence-corrected chi connectivity index (χ1v) is 5.39. The maximum absolute atomic E-state index is 5.73. The van der Waals surface area contributed by atoms with Crippen molar-refractivity contribution < 1.29 is 4.74 Å². The Balaban J connectivity index is 2.26. The highest BCUT2D eigenvalue weighted by Gasteiger charge is 2.13. The topological polar surface area (TPSA) is 78.3 Å². The van der Waals surface area contributed by atoms with Crippen molar-refractivity contribution in [2.24, 2.45) is 0 Å². The van der Waals surface area contributed by atoms with Gasteiger partial charge in [-0.15, -0.1) is 10.2 Å². The van der Waals surface area contributed by atoms with Crippen molar-refractivity contribution in [3.8, 4) is 17.1 Å². The van der Waals surface area contributed by atoms with Crippen LogP contribution in [0.2, 0.25) is 0 Å². The molecule has 0 unspecified atom stereocenters. The Morgan fingerprint density at radius 2 is 2.17 bits per heavy atom. The lowest BCUT2D eigenvalue weighted by atomic mass is 10.1. The van der Waals surface area contributed by atoms with Gasteiger partial charge >= 0.3 is 0 Å². The second-order valence-corrected chi connectivity index (χ2v) is 3.77. The maximum atomic E-state index is 5.73. The molecule has 0 amide bonds. The van der Waals surface area contributed by atoms with E-state index < -0.39 is 0 Å². The van der Waals surface area contributed by atoms with Gasteiger partial charge in [0.2, 0.25) is 0 Å². The van der Waals surface area contributed by atoms with Gasteiger partial charge in [0.15, 0.2) is 5.82 Å². The van der Waals surface area contributed by atoms with E-state index in [-0.39, 0.29) is 0 Å². The molecular weight excluding hydrogens is 230 g/mol. The highest BCUT2D eigenvalue weighted by molar-refractivity contribution is 5.69. The van der Waals surface area contributed by atoms with Gasteiger partial charge in [-0.05, 0) is 18.2 Å². The van der Waals surface area contributed by atoms with E-state index in [4.69, 9.17) is 10.5 Å². The normalized spacial score (nSPS) is 10.7. The largest absolute Gasteiger partial charge is 0.496 e. The van der Waals surface area contributed by atoms with Crippen LogP contribution in [-0.4, -0.2) is 26.7 Å². The lowest BCUT2D eigenvalue weighted by Crippen LogP contribution is -1.95. The van der Waals surface area contributed by atoms with Crippen LogP contribution in [0, 0.1) is 0 Å². The summed E-state index contributed by atoms with van der Waals surface area (Å²) in [6.07, 6.45) is 3.53. The third-order valence-corrected chi connectivity index (χ3v) is 2.66. The van der Waals surface area contributed by atoms with E-state index >= 15 is 0 Å². The smallest absolute Gasteiger partial charge is 0.255 e. The maximum Gasteiger partial charge on any atom is 0.255 e. The number of aromatic nitrogens is 4. The second-order valence-electron chi connectivity index (χ2n) is 3.77. The van der Waals surface area contributed by atoms with Crippen molar-refractivity contribution >= 4 is 11.5 Å². The SMILES string of the molecule is COc1cc(N)ccc1-c1nnc2ncccn12. The van der Waals surface area contributed by atoms with E-state index in [2.05, 4.69) is 15.2 Å². The van der Waals surface area contributed by atoms with Gasteiger partial charge in [0.1, 0.15) is 5.75 Å².